The maximum atomic E-state index is 12.3. The van der Waals surface area contributed by atoms with Gasteiger partial charge in [-0.1, -0.05) is 0 Å². The van der Waals surface area contributed by atoms with Crippen LogP contribution in [-0.2, 0) is 6.54 Å². The van der Waals surface area contributed by atoms with Crippen LogP contribution in [-0.4, -0.2) is 23.5 Å². The lowest BCUT2D eigenvalue weighted by Crippen LogP contribution is -2.48. The maximum Gasteiger partial charge on any atom is 0.255 e. The summed E-state index contributed by atoms with van der Waals surface area (Å²) in [5.74, 6) is 0.191. The number of nitrogens with zero attached hydrogens (tertiary/aromatic N) is 1. The fourth-order valence-corrected chi connectivity index (χ4v) is 3.22. The maximum absolute atomic E-state index is 12.3. The molecule has 0 saturated carbocycles. The van der Waals surface area contributed by atoms with Crippen LogP contribution >= 0.6 is 22.6 Å². The molecule has 1 saturated heterocycles. The van der Waals surface area contributed by atoms with Gasteiger partial charge in [-0.05, 0) is 72.2 Å². The average Bonchev–Trinajstić information content (AvgIpc) is 2.67. The van der Waals surface area contributed by atoms with Gasteiger partial charge in [-0.3, -0.25) is 10.1 Å². The zero-order valence-corrected chi connectivity index (χ0v) is 11.7. The van der Waals surface area contributed by atoms with E-state index in [0.717, 1.165) is 25.1 Å². The third-order valence-corrected chi connectivity index (χ3v) is 4.23. The molecule has 0 aliphatic carbocycles. The molecule has 1 fully saturated rings. The topological polar surface area (TPSA) is 32.3 Å². The SMILES string of the molecule is O=C1c2ccc(I)cc2CN1C1CCCCN1. The van der Waals surface area contributed by atoms with Crippen LogP contribution in [0.2, 0.25) is 0 Å². The second kappa shape index (κ2) is 4.57. The van der Waals surface area contributed by atoms with Crippen molar-refractivity contribution < 1.29 is 4.79 Å². The van der Waals surface area contributed by atoms with E-state index < -0.39 is 0 Å². The highest BCUT2D eigenvalue weighted by Crippen LogP contribution is 2.27. The first-order valence-electron chi connectivity index (χ1n) is 6.08. The van der Waals surface area contributed by atoms with Crippen molar-refractivity contribution in [1.29, 1.82) is 0 Å². The first-order valence-corrected chi connectivity index (χ1v) is 7.16. The van der Waals surface area contributed by atoms with Crippen molar-refractivity contribution in [1.82, 2.24) is 10.2 Å². The fourth-order valence-electron chi connectivity index (χ4n) is 2.66. The van der Waals surface area contributed by atoms with Crippen LogP contribution in [0.25, 0.3) is 0 Å². The molecule has 2 heterocycles. The normalized spacial score (nSPS) is 23.9. The first kappa shape index (κ1) is 11.5. The number of nitrogens with one attached hydrogen (secondary N) is 1. The lowest BCUT2D eigenvalue weighted by Gasteiger charge is -2.31. The summed E-state index contributed by atoms with van der Waals surface area (Å²) in [5, 5.41) is 3.44. The number of carbonyl (C=O) groups is 1. The van der Waals surface area contributed by atoms with Crippen LogP contribution in [0.3, 0.4) is 0 Å². The highest BCUT2D eigenvalue weighted by Gasteiger charge is 2.32. The van der Waals surface area contributed by atoms with Gasteiger partial charge >= 0.3 is 0 Å². The minimum absolute atomic E-state index is 0.191. The van der Waals surface area contributed by atoms with Gasteiger partial charge < -0.3 is 4.90 Å². The molecule has 3 rings (SSSR count). The number of carbonyl (C=O) groups excluding carboxylic acids is 1. The molecule has 3 nitrogen and oxygen atoms in total. The van der Waals surface area contributed by atoms with E-state index in [4.69, 9.17) is 0 Å². The van der Waals surface area contributed by atoms with Crippen molar-refractivity contribution in [2.75, 3.05) is 6.54 Å². The Morgan fingerprint density at radius 1 is 1.35 bits per heavy atom. The lowest BCUT2D eigenvalue weighted by atomic mass is 10.1. The van der Waals surface area contributed by atoms with Crippen molar-refractivity contribution in [3.05, 3.63) is 32.9 Å². The smallest absolute Gasteiger partial charge is 0.255 e. The van der Waals surface area contributed by atoms with Crippen LogP contribution in [0, 0.1) is 3.57 Å². The average molecular weight is 342 g/mol. The van der Waals surface area contributed by atoms with Gasteiger partial charge in [-0.25, -0.2) is 0 Å². The summed E-state index contributed by atoms with van der Waals surface area (Å²) in [6.07, 6.45) is 3.76. The molecule has 1 amide bonds. The fraction of sp³-hybridized carbons (Fsp3) is 0.462. The van der Waals surface area contributed by atoms with E-state index in [-0.39, 0.29) is 12.1 Å². The molecule has 0 spiro atoms. The van der Waals surface area contributed by atoms with Crippen molar-refractivity contribution in [3.8, 4) is 0 Å². The molecule has 1 unspecified atom stereocenters. The van der Waals surface area contributed by atoms with Crippen LogP contribution < -0.4 is 5.32 Å². The number of benzene rings is 1. The Kier molecular flexibility index (Phi) is 3.08. The second-order valence-electron chi connectivity index (χ2n) is 4.70. The Hall–Kier alpha value is -0.620. The summed E-state index contributed by atoms with van der Waals surface area (Å²) in [7, 11) is 0. The molecule has 1 N–H and O–H groups in total. The van der Waals surface area contributed by atoms with Gasteiger partial charge in [-0.15, -0.1) is 0 Å². The van der Waals surface area contributed by atoms with Crippen molar-refractivity contribution in [3.63, 3.8) is 0 Å². The Bertz CT molecular complexity index is 455. The van der Waals surface area contributed by atoms with E-state index in [1.54, 1.807) is 0 Å². The third-order valence-electron chi connectivity index (χ3n) is 3.56. The third kappa shape index (κ3) is 2.08. The quantitative estimate of drug-likeness (QED) is 0.795. The monoisotopic (exact) mass is 342 g/mol. The number of rotatable bonds is 1. The number of halogens is 1. The molecule has 0 radical (unpaired) electrons. The lowest BCUT2D eigenvalue weighted by molar-refractivity contribution is 0.0628. The Morgan fingerprint density at radius 2 is 2.24 bits per heavy atom. The molecule has 90 valence electrons. The minimum Gasteiger partial charge on any atom is -0.319 e. The van der Waals surface area contributed by atoms with Gasteiger partial charge in [0.2, 0.25) is 0 Å². The van der Waals surface area contributed by atoms with Crippen LogP contribution in [0.5, 0.6) is 0 Å². The summed E-state index contributed by atoms with van der Waals surface area (Å²) in [6.45, 7) is 1.80. The predicted octanol–water partition coefficient (Wildman–Crippen LogP) is 2.35. The largest absolute Gasteiger partial charge is 0.319 e. The molecule has 17 heavy (non-hydrogen) atoms. The van der Waals surface area contributed by atoms with E-state index in [9.17, 15) is 4.79 Å². The van der Waals surface area contributed by atoms with E-state index in [2.05, 4.69) is 34.0 Å². The van der Waals surface area contributed by atoms with Crippen LogP contribution in [0.1, 0.15) is 35.2 Å². The van der Waals surface area contributed by atoms with E-state index in [0.29, 0.717) is 0 Å². The molecule has 1 aromatic rings. The molecular weight excluding hydrogens is 327 g/mol. The zero-order chi connectivity index (χ0) is 11.8. The molecule has 0 bridgehead atoms. The number of amides is 1. The summed E-state index contributed by atoms with van der Waals surface area (Å²) in [6, 6.07) is 6.09. The van der Waals surface area contributed by atoms with Gasteiger partial charge in [0, 0.05) is 15.7 Å². The molecule has 4 heteroatoms. The van der Waals surface area contributed by atoms with Crippen molar-refractivity contribution >= 4 is 28.5 Å². The molecule has 1 aromatic carbocycles. The standard InChI is InChI=1S/C13H15IN2O/c14-10-4-5-11-9(7-10)8-16(13(11)17)12-3-1-2-6-15-12/h4-5,7,12,15H,1-3,6,8H2. The minimum atomic E-state index is 0.191. The van der Waals surface area contributed by atoms with Gasteiger partial charge in [-0.2, -0.15) is 0 Å². The highest BCUT2D eigenvalue weighted by atomic mass is 127. The second-order valence-corrected chi connectivity index (χ2v) is 5.95. The summed E-state index contributed by atoms with van der Waals surface area (Å²) in [4.78, 5) is 14.3. The Balaban J connectivity index is 1.85. The molecular formula is C13H15IN2O. The Labute approximate surface area is 115 Å². The number of hydrogen-bond acceptors (Lipinski definition) is 2. The van der Waals surface area contributed by atoms with Gasteiger partial charge in [0.15, 0.2) is 0 Å². The van der Waals surface area contributed by atoms with Gasteiger partial charge in [0.05, 0.1) is 6.17 Å². The van der Waals surface area contributed by atoms with E-state index >= 15 is 0 Å². The van der Waals surface area contributed by atoms with Crippen molar-refractivity contribution in [2.45, 2.75) is 32.0 Å². The molecule has 2 aliphatic rings. The number of fused-ring (bicyclic) bond motifs is 1. The first-order chi connectivity index (χ1) is 8.25. The zero-order valence-electron chi connectivity index (χ0n) is 9.58. The molecule has 0 aromatic heterocycles. The van der Waals surface area contributed by atoms with Gasteiger partial charge in [0.25, 0.3) is 5.91 Å². The van der Waals surface area contributed by atoms with Crippen molar-refractivity contribution in [2.24, 2.45) is 0 Å². The van der Waals surface area contributed by atoms with E-state index in [1.807, 2.05) is 17.0 Å². The highest BCUT2D eigenvalue weighted by molar-refractivity contribution is 14.1. The predicted molar refractivity (Wildman–Crippen MR) is 74.7 cm³/mol. The van der Waals surface area contributed by atoms with Crippen LogP contribution in [0.15, 0.2) is 18.2 Å². The summed E-state index contributed by atoms with van der Waals surface area (Å²) in [5.41, 5.74) is 2.06. The summed E-state index contributed by atoms with van der Waals surface area (Å²) >= 11 is 2.30. The summed E-state index contributed by atoms with van der Waals surface area (Å²) < 4.78 is 1.20. The molecule has 1 atom stereocenters. The van der Waals surface area contributed by atoms with Gasteiger partial charge in [0.1, 0.15) is 0 Å². The number of piperidine rings is 1. The Morgan fingerprint density at radius 3 is 3.00 bits per heavy atom. The molecule has 2 aliphatic heterocycles. The van der Waals surface area contributed by atoms with Crippen LogP contribution in [0.4, 0.5) is 0 Å². The van der Waals surface area contributed by atoms with E-state index in [1.165, 1.54) is 22.0 Å². The number of hydrogen-bond donors (Lipinski definition) is 1.